The number of ether oxygens (including phenoxy) is 1. The summed E-state index contributed by atoms with van der Waals surface area (Å²) in [5.74, 6) is 1.01. The summed E-state index contributed by atoms with van der Waals surface area (Å²) in [6.07, 6.45) is 1.14. The zero-order valence-electron chi connectivity index (χ0n) is 13.8. The van der Waals surface area contributed by atoms with Crippen LogP contribution in [0.15, 0.2) is 29.6 Å². The summed E-state index contributed by atoms with van der Waals surface area (Å²) in [5.41, 5.74) is 3.00. The zero-order valence-corrected chi connectivity index (χ0v) is 15.5. The molecule has 6 heteroatoms. The van der Waals surface area contributed by atoms with E-state index in [0.717, 1.165) is 44.0 Å². The number of carbonyl (C=O) groups excluding carboxylic acids is 1. The fourth-order valence-corrected chi connectivity index (χ4v) is 4.47. The number of carbonyl (C=O) groups is 1. The van der Waals surface area contributed by atoms with E-state index in [2.05, 4.69) is 16.4 Å². The highest BCUT2D eigenvalue weighted by Gasteiger charge is 2.15. The second-order valence-electron chi connectivity index (χ2n) is 5.52. The van der Waals surface area contributed by atoms with Crippen LogP contribution < -0.4 is 4.74 Å². The van der Waals surface area contributed by atoms with Gasteiger partial charge in [-0.25, -0.2) is 9.97 Å². The molecule has 0 spiro atoms. The Bertz CT molecular complexity index is 868. The maximum atomic E-state index is 11.3. The number of para-hydroxylation sites is 1. The van der Waals surface area contributed by atoms with Gasteiger partial charge in [0.1, 0.15) is 16.5 Å². The van der Waals surface area contributed by atoms with E-state index >= 15 is 0 Å². The minimum Gasteiger partial charge on any atom is -0.496 e. The average molecular weight is 358 g/mol. The summed E-state index contributed by atoms with van der Waals surface area (Å²) in [6.45, 7) is 3.55. The number of benzene rings is 1. The van der Waals surface area contributed by atoms with Crippen LogP contribution >= 0.6 is 22.7 Å². The maximum Gasteiger partial charge on any atom is 0.136 e. The first-order chi connectivity index (χ1) is 11.6. The number of aromatic nitrogens is 2. The monoisotopic (exact) mass is 358 g/mol. The van der Waals surface area contributed by atoms with Crippen LogP contribution in [-0.2, 0) is 17.6 Å². The largest absolute Gasteiger partial charge is 0.496 e. The summed E-state index contributed by atoms with van der Waals surface area (Å²) in [6, 6.07) is 7.99. The fourth-order valence-electron chi connectivity index (χ4n) is 2.49. The van der Waals surface area contributed by atoms with Crippen molar-refractivity contribution in [3.63, 3.8) is 0 Å². The average Bonchev–Trinajstić information content (AvgIpc) is 3.14. The van der Waals surface area contributed by atoms with Crippen molar-refractivity contribution in [1.29, 1.82) is 0 Å². The van der Waals surface area contributed by atoms with Crippen LogP contribution in [0.25, 0.3) is 10.6 Å². The van der Waals surface area contributed by atoms with Gasteiger partial charge in [0, 0.05) is 17.4 Å². The van der Waals surface area contributed by atoms with E-state index < -0.39 is 0 Å². The predicted molar refractivity (Wildman–Crippen MR) is 98.1 cm³/mol. The van der Waals surface area contributed by atoms with Gasteiger partial charge in [-0.3, -0.25) is 4.79 Å². The van der Waals surface area contributed by atoms with Gasteiger partial charge in [-0.2, -0.15) is 0 Å². The Hall–Kier alpha value is -2.05. The molecule has 0 aliphatic carbocycles. The highest BCUT2D eigenvalue weighted by atomic mass is 32.1. The molecule has 24 heavy (non-hydrogen) atoms. The topological polar surface area (TPSA) is 52.1 Å². The van der Waals surface area contributed by atoms with Crippen molar-refractivity contribution in [2.24, 2.45) is 0 Å². The Kier molecular flexibility index (Phi) is 5.06. The summed E-state index contributed by atoms with van der Waals surface area (Å²) >= 11 is 3.19. The Morgan fingerprint density at radius 3 is 2.75 bits per heavy atom. The van der Waals surface area contributed by atoms with Gasteiger partial charge in [-0.05, 0) is 19.9 Å². The van der Waals surface area contributed by atoms with Gasteiger partial charge < -0.3 is 4.74 Å². The standard InChI is InChI=1S/C18H18N2O2S2/c1-11(21)8-17-19-12(2)18(24-17)14-10-23-16(20-14)9-13-6-4-5-7-15(13)22-3/h4-7,10H,8-9H2,1-3H3. The highest BCUT2D eigenvalue weighted by Crippen LogP contribution is 2.32. The molecule has 0 aliphatic heterocycles. The van der Waals surface area contributed by atoms with Crippen LogP contribution in [0.3, 0.4) is 0 Å². The molecule has 0 fully saturated rings. The van der Waals surface area contributed by atoms with Crippen LogP contribution in [0.4, 0.5) is 0 Å². The second-order valence-corrected chi connectivity index (χ2v) is 7.54. The normalized spacial score (nSPS) is 10.8. The SMILES string of the molecule is COc1ccccc1Cc1nc(-c2sc(CC(C)=O)nc2C)cs1. The lowest BCUT2D eigenvalue weighted by atomic mass is 10.1. The third kappa shape index (κ3) is 3.71. The van der Waals surface area contributed by atoms with Crippen LogP contribution in [0, 0.1) is 6.92 Å². The molecule has 0 N–H and O–H groups in total. The first-order valence-corrected chi connectivity index (χ1v) is 9.29. The molecule has 3 aromatic rings. The number of ketones is 1. The van der Waals surface area contributed by atoms with Crippen LogP contribution in [0.5, 0.6) is 5.75 Å². The Morgan fingerprint density at radius 2 is 2.00 bits per heavy atom. The van der Waals surface area contributed by atoms with Crippen molar-refractivity contribution >= 4 is 28.5 Å². The quantitative estimate of drug-likeness (QED) is 0.659. The predicted octanol–water partition coefficient (Wildman–Crippen LogP) is 4.31. The molecule has 3 rings (SSSR count). The first kappa shape index (κ1) is 16.8. The number of thiazole rings is 2. The molecule has 0 saturated carbocycles. The molecule has 4 nitrogen and oxygen atoms in total. The van der Waals surface area contributed by atoms with Crippen LogP contribution in [0.1, 0.15) is 28.2 Å². The molecule has 2 heterocycles. The van der Waals surface area contributed by atoms with E-state index in [4.69, 9.17) is 9.72 Å². The number of aryl methyl sites for hydroxylation is 1. The number of hydrogen-bond donors (Lipinski definition) is 0. The van der Waals surface area contributed by atoms with Gasteiger partial charge in [-0.1, -0.05) is 18.2 Å². The molecular formula is C18H18N2O2S2. The van der Waals surface area contributed by atoms with Gasteiger partial charge in [0.25, 0.3) is 0 Å². The van der Waals surface area contributed by atoms with Crippen molar-refractivity contribution in [3.05, 3.63) is 50.9 Å². The molecule has 2 aromatic heterocycles. The Balaban J connectivity index is 1.83. The van der Waals surface area contributed by atoms with Crippen molar-refractivity contribution in [1.82, 2.24) is 9.97 Å². The van der Waals surface area contributed by atoms with Crippen LogP contribution in [-0.4, -0.2) is 22.9 Å². The molecule has 0 radical (unpaired) electrons. The van der Waals surface area contributed by atoms with Crippen LogP contribution in [0.2, 0.25) is 0 Å². The summed E-state index contributed by atoms with van der Waals surface area (Å²) < 4.78 is 5.41. The highest BCUT2D eigenvalue weighted by molar-refractivity contribution is 7.16. The molecule has 0 aliphatic rings. The fraction of sp³-hybridized carbons (Fsp3) is 0.278. The first-order valence-electron chi connectivity index (χ1n) is 7.59. The molecule has 0 atom stereocenters. The van der Waals surface area contributed by atoms with E-state index in [1.54, 1.807) is 36.7 Å². The number of rotatable bonds is 6. The van der Waals surface area contributed by atoms with Gasteiger partial charge in [0.15, 0.2) is 0 Å². The Morgan fingerprint density at radius 1 is 1.21 bits per heavy atom. The minimum absolute atomic E-state index is 0.130. The second kappa shape index (κ2) is 7.23. The zero-order chi connectivity index (χ0) is 17.1. The van der Waals surface area contributed by atoms with Crippen molar-refractivity contribution in [2.45, 2.75) is 26.7 Å². The third-order valence-corrected chi connectivity index (χ3v) is 5.59. The molecule has 0 bridgehead atoms. The van der Waals surface area contributed by atoms with Crippen molar-refractivity contribution in [3.8, 4) is 16.3 Å². The Labute approximate surface area is 149 Å². The van der Waals surface area contributed by atoms with Gasteiger partial charge in [-0.15, -0.1) is 22.7 Å². The van der Waals surface area contributed by atoms with Crippen molar-refractivity contribution in [2.75, 3.05) is 7.11 Å². The molecular weight excluding hydrogens is 340 g/mol. The lowest BCUT2D eigenvalue weighted by molar-refractivity contribution is -0.116. The summed E-state index contributed by atoms with van der Waals surface area (Å²) in [7, 11) is 1.68. The van der Waals surface area contributed by atoms with Gasteiger partial charge >= 0.3 is 0 Å². The molecule has 0 saturated heterocycles. The number of methoxy groups -OCH3 is 1. The van der Waals surface area contributed by atoms with E-state index in [0.29, 0.717) is 6.42 Å². The lowest BCUT2D eigenvalue weighted by Gasteiger charge is -2.05. The van der Waals surface area contributed by atoms with E-state index in [9.17, 15) is 4.79 Å². The van der Waals surface area contributed by atoms with Crippen molar-refractivity contribution < 1.29 is 9.53 Å². The van der Waals surface area contributed by atoms with E-state index in [-0.39, 0.29) is 5.78 Å². The molecule has 0 amide bonds. The van der Waals surface area contributed by atoms with Gasteiger partial charge in [0.2, 0.25) is 0 Å². The van der Waals surface area contributed by atoms with Gasteiger partial charge in [0.05, 0.1) is 34.8 Å². The molecule has 0 unspecified atom stereocenters. The molecule has 124 valence electrons. The number of Topliss-reactive ketones (excluding diaryl/α,β-unsaturated/α-hetero) is 1. The number of nitrogens with zero attached hydrogens (tertiary/aromatic N) is 2. The molecule has 1 aromatic carbocycles. The number of hydrogen-bond acceptors (Lipinski definition) is 6. The summed E-state index contributed by atoms with van der Waals surface area (Å²) in [5, 5.41) is 3.95. The maximum absolute atomic E-state index is 11.3. The third-order valence-electron chi connectivity index (χ3n) is 3.56. The van der Waals surface area contributed by atoms with E-state index in [1.807, 2.05) is 25.1 Å². The van der Waals surface area contributed by atoms with E-state index in [1.165, 1.54) is 0 Å². The smallest absolute Gasteiger partial charge is 0.136 e. The summed E-state index contributed by atoms with van der Waals surface area (Å²) in [4.78, 5) is 21.6. The minimum atomic E-state index is 0.130. The lowest BCUT2D eigenvalue weighted by Crippen LogP contribution is -1.94.